The Labute approximate surface area is 79.2 Å². The zero-order chi connectivity index (χ0) is 10.8. The van der Waals surface area contributed by atoms with Crippen LogP contribution in [0.4, 0.5) is 18.0 Å². The quantitative estimate of drug-likeness (QED) is 0.655. The van der Waals surface area contributed by atoms with Crippen LogP contribution < -0.4 is 11.1 Å². The first-order valence-electron chi connectivity index (χ1n) is 4.23. The molecule has 0 aliphatic carbocycles. The van der Waals surface area contributed by atoms with Crippen molar-refractivity contribution in [2.45, 2.75) is 18.6 Å². The van der Waals surface area contributed by atoms with Gasteiger partial charge in [-0.3, -0.25) is 0 Å². The molecule has 14 heavy (non-hydrogen) atoms. The molecule has 0 saturated carbocycles. The van der Waals surface area contributed by atoms with E-state index in [0.717, 1.165) is 0 Å². The molecule has 1 aliphatic heterocycles. The summed E-state index contributed by atoms with van der Waals surface area (Å²) in [5, 5.41) is 1.79. The van der Waals surface area contributed by atoms with Crippen molar-refractivity contribution in [1.82, 2.24) is 10.2 Å². The topological polar surface area (TPSA) is 58.4 Å². The van der Waals surface area contributed by atoms with E-state index in [-0.39, 0.29) is 6.04 Å². The lowest BCUT2D eigenvalue weighted by molar-refractivity contribution is -0.123. The SMILES string of the molecule is N[C@@H]1CCN(C(=O)NCC(F)(F)F)C1. The molecule has 1 atom stereocenters. The summed E-state index contributed by atoms with van der Waals surface area (Å²) in [5.74, 6) is 0. The third kappa shape index (κ3) is 3.41. The molecule has 82 valence electrons. The zero-order valence-corrected chi connectivity index (χ0v) is 7.47. The van der Waals surface area contributed by atoms with Gasteiger partial charge in [-0.2, -0.15) is 13.2 Å². The van der Waals surface area contributed by atoms with Crippen LogP contribution in [0.25, 0.3) is 0 Å². The Hall–Kier alpha value is -0.980. The monoisotopic (exact) mass is 211 g/mol. The molecular formula is C7H12F3N3O. The second-order valence-electron chi connectivity index (χ2n) is 3.27. The molecule has 0 bridgehead atoms. The van der Waals surface area contributed by atoms with E-state index in [2.05, 4.69) is 0 Å². The second kappa shape index (κ2) is 4.04. The molecule has 0 spiro atoms. The smallest absolute Gasteiger partial charge is 0.329 e. The van der Waals surface area contributed by atoms with Crippen molar-refractivity contribution < 1.29 is 18.0 Å². The molecule has 1 rings (SSSR count). The highest BCUT2D eigenvalue weighted by molar-refractivity contribution is 5.74. The Bertz CT molecular complexity index is 219. The van der Waals surface area contributed by atoms with Crippen molar-refractivity contribution >= 4 is 6.03 Å². The average Bonchev–Trinajstić information content (AvgIpc) is 2.46. The molecule has 0 aromatic heterocycles. The number of hydrogen-bond donors (Lipinski definition) is 2. The zero-order valence-electron chi connectivity index (χ0n) is 7.47. The summed E-state index contributed by atoms with van der Waals surface area (Å²) >= 11 is 0. The van der Waals surface area contributed by atoms with Crippen molar-refractivity contribution in [3.8, 4) is 0 Å². The van der Waals surface area contributed by atoms with Crippen LogP contribution in [-0.2, 0) is 0 Å². The standard InChI is InChI=1S/C7H12F3N3O/c8-7(9,10)4-12-6(14)13-2-1-5(11)3-13/h5H,1-4,11H2,(H,12,14)/t5-/m1/s1. The summed E-state index contributed by atoms with van der Waals surface area (Å²) < 4.78 is 35.2. The Morgan fingerprint density at radius 2 is 2.21 bits per heavy atom. The molecule has 1 aliphatic rings. The maximum atomic E-state index is 11.7. The number of hydrogen-bond acceptors (Lipinski definition) is 2. The third-order valence-corrected chi connectivity index (χ3v) is 1.95. The fourth-order valence-electron chi connectivity index (χ4n) is 1.26. The van der Waals surface area contributed by atoms with E-state index in [4.69, 9.17) is 5.73 Å². The van der Waals surface area contributed by atoms with Gasteiger partial charge in [0.15, 0.2) is 0 Å². The van der Waals surface area contributed by atoms with Gasteiger partial charge in [0.2, 0.25) is 0 Å². The fourth-order valence-corrected chi connectivity index (χ4v) is 1.26. The second-order valence-corrected chi connectivity index (χ2v) is 3.27. The van der Waals surface area contributed by atoms with Crippen LogP contribution in [0.3, 0.4) is 0 Å². The van der Waals surface area contributed by atoms with Crippen LogP contribution in [0.2, 0.25) is 0 Å². The number of amides is 2. The molecule has 7 heteroatoms. The van der Waals surface area contributed by atoms with Gasteiger partial charge in [-0.05, 0) is 6.42 Å². The van der Waals surface area contributed by atoms with E-state index in [1.54, 1.807) is 5.32 Å². The Morgan fingerprint density at radius 3 is 2.64 bits per heavy atom. The summed E-state index contributed by atoms with van der Waals surface area (Å²) in [5.41, 5.74) is 5.50. The van der Waals surface area contributed by atoms with Crippen molar-refractivity contribution in [3.63, 3.8) is 0 Å². The van der Waals surface area contributed by atoms with Crippen molar-refractivity contribution in [2.24, 2.45) is 5.73 Å². The minimum absolute atomic E-state index is 0.119. The van der Waals surface area contributed by atoms with E-state index in [1.165, 1.54) is 4.90 Å². The lowest BCUT2D eigenvalue weighted by Gasteiger charge is -2.17. The summed E-state index contributed by atoms with van der Waals surface area (Å²) in [7, 11) is 0. The first-order chi connectivity index (χ1) is 6.38. The van der Waals surface area contributed by atoms with Crippen LogP contribution >= 0.6 is 0 Å². The minimum Gasteiger partial charge on any atom is -0.329 e. The Balaban J connectivity index is 2.29. The summed E-state index contributed by atoms with van der Waals surface area (Å²) in [6, 6.07) is -0.818. The van der Waals surface area contributed by atoms with Gasteiger partial charge in [-0.25, -0.2) is 4.79 Å². The number of nitrogens with one attached hydrogen (secondary N) is 1. The molecule has 0 aromatic carbocycles. The molecule has 1 saturated heterocycles. The normalized spacial score (nSPS) is 22.6. The van der Waals surface area contributed by atoms with Gasteiger partial charge in [0, 0.05) is 19.1 Å². The van der Waals surface area contributed by atoms with Gasteiger partial charge in [0.1, 0.15) is 6.54 Å². The average molecular weight is 211 g/mol. The molecular weight excluding hydrogens is 199 g/mol. The first-order valence-corrected chi connectivity index (χ1v) is 4.23. The van der Waals surface area contributed by atoms with Gasteiger partial charge in [0.25, 0.3) is 0 Å². The lowest BCUT2D eigenvalue weighted by Crippen LogP contribution is -2.43. The molecule has 0 aromatic rings. The van der Waals surface area contributed by atoms with Gasteiger partial charge < -0.3 is 16.0 Å². The van der Waals surface area contributed by atoms with Crippen LogP contribution in [0.1, 0.15) is 6.42 Å². The summed E-state index contributed by atoms with van der Waals surface area (Å²) in [4.78, 5) is 12.4. The van der Waals surface area contributed by atoms with E-state index in [1.807, 2.05) is 0 Å². The summed E-state index contributed by atoms with van der Waals surface area (Å²) in [6.07, 6.45) is -3.73. The van der Waals surface area contributed by atoms with Crippen molar-refractivity contribution in [1.29, 1.82) is 0 Å². The molecule has 4 nitrogen and oxygen atoms in total. The van der Waals surface area contributed by atoms with Gasteiger partial charge in [0.05, 0.1) is 0 Å². The minimum atomic E-state index is -4.36. The fraction of sp³-hybridized carbons (Fsp3) is 0.857. The number of halogens is 3. The molecule has 0 unspecified atom stereocenters. The van der Waals surface area contributed by atoms with Gasteiger partial charge >= 0.3 is 12.2 Å². The first kappa shape index (κ1) is 11.1. The summed E-state index contributed by atoms with van der Waals surface area (Å²) in [6.45, 7) is -0.549. The highest BCUT2D eigenvalue weighted by Gasteiger charge is 2.30. The molecule has 0 radical (unpaired) electrons. The predicted molar refractivity (Wildman–Crippen MR) is 43.6 cm³/mol. The molecule has 1 heterocycles. The van der Waals surface area contributed by atoms with E-state index >= 15 is 0 Å². The van der Waals surface area contributed by atoms with E-state index in [0.29, 0.717) is 19.5 Å². The number of likely N-dealkylation sites (tertiary alicyclic amines) is 1. The number of rotatable bonds is 1. The third-order valence-electron chi connectivity index (χ3n) is 1.95. The number of urea groups is 1. The number of alkyl halides is 3. The van der Waals surface area contributed by atoms with E-state index < -0.39 is 18.8 Å². The van der Waals surface area contributed by atoms with Crippen LogP contribution in [-0.4, -0.2) is 42.8 Å². The maximum absolute atomic E-state index is 11.7. The number of carbonyl (C=O) groups excluding carboxylic acids is 1. The number of nitrogens with two attached hydrogens (primary N) is 1. The van der Waals surface area contributed by atoms with Gasteiger partial charge in [-0.1, -0.05) is 0 Å². The molecule has 2 amide bonds. The number of carbonyl (C=O) groups is 1. The molecule has 3 N–H and O–H groups in total. The van der Waals surface area contributed by atoms with Crippen LogP contribution in [0.5, 0.6) is 0 Å². The van der Waals surface area contributed by atoms with Crippen LogP contribution in [0.15, 0.2) is 0 Å². The largest absolute Gasteiger partial charge is 0.405 e. The highest BCUT2D eigenvalue weighted by Crippen LogP contribution is 2.13. The highest BCUT2D eigenvalue weighted by atomic mass is 19.4. The van der Waals surface area contributed by atoms with Crippen molar-refractivity contribution in [3.05, 3.63) is 0 Å². The maximum Gasteiger partial charge on any atom is 0.405 e. The number of nitrogens with zero attached hydrogens (tertiary/aromatic N) is 1. The Kier molecular flexibility index (Phi) is 3.20. The van der Waals surface area contributed by atoms with Gasteiger partial charge in [-0.15, -0.1) is 0 Å². The van der Waals surface area contributed by atoms with Crippen molar-refractivity contribution in [2.75, 3.05) is 19.6 Å². The van der Waals surface area contributed by atoms with Crippen LogP contribution in [0, 0.1) is 0 Å². The lowest BCUT2D eigenvalue weighted by atomic mass is 10.3. The predicted octanol–water partition coefficient (Wildman–Crippen LogP) is 0.291. The van der Waals surface area contributed by atoms with E-state index in [9.17, 15) is 18.0 Å². The molecule has 1 fully saturated rings. The Morgan fingerprint density at radius 1 is 1.57 bits per heavy atom.